The maximum Gasteiger partial charge on any atom is 0.286 e. The van der Waals surface area contributed by atoms with E-state index in [9.17, 15) is 14.3 Å². The zero-order chi connectivity index (χ0) is 22.2. The monoisotopic (exact) mass is 491 g/mol. The molecule has 1 aliphatic heterocycles. The number of allylic oxidation sites excluding steroid dienone is 1. The Morgan fingerprint density at radius 3 is 2.55 bits per heavy atom. The molecular formula is C24H27BrFNO4. The van der Waals surface area contributed by atoms with Crippen LogP contribution in [0.15, 0.2) is 64.8 Å². The summed E-state index contributed by atoms with van der Waals surface area (Å²) in [5.74, 6) is -0.608. The van der Waals surface area contributed by atoms with Crippen LogP contribution in [0.3, 0.4) is 0 Å². The molecule has 0 aromatic heterocycles. The van der Waals surface area contributed by atoms with Gasteiger partial charge in [0.25, 0.3) is 5.91 Å². The van der Waals surface area contributed by atoms with Gasteiger partial charge < -0.3 is 19.9 Å². The summed E-state index contributed by atoms with van der Waals surface area (Å²) in [4.78, 5) is 12.9. The molecule has 0 saturated carbocycles. The minimum Gasteiger partial charge on any atom is -0.459 e. The number of carbonyl (C=O) groups is 1. The van der Waals surface area contributed by atoms with Gasteiger partial charge in [-0.15, -0.1) is 0 Å². The van der Waals surface area contributed by atoms with Crippen molar-refractivity contribution in [2.24, 2.45) is 5.92 Å². The summed E-state index contributed by atoms with van der Waals surface area (Å²) >= 11 is 3.46. The number of aliphatic hydroxyl groups excluding tert-OH is 1. The van der Waals surface area contributed by atoms with Crippen molar-refractivity contribution in [1.29, 1.82) is 0 Å². The molecule has 2 aromatic carbocycles. The fraction of sp³-hybridized carbons (Fsp3) is 0.375. The number of benzene rings is 2. The summed E-state index contributed by atoms with van der Waals surface area (Å²) in [7, 11) is 0. The highest BCUT2D eigenvalue weighted by Crippen LogP contribution is 2.39. The zero-order valence-electron chi connectivity index (χ0n) is 17.4. The lowest BCUT2D eigenvalue weighted by Gasteiger charge is -2.37. The zero-order valence-corrected chi connectivity index (χ0v) is 19.0. The number of amides is 1. The minimum absolute atomic E-state index is 0.0399. The molecule has 0 unspecified atom stereocenters. The van der Waals surface area contributed by atoms with E-state index < -0.39 is 6.29 Å². The molecule has 2 N–H and O–H groups in total. The summed E-state index contributed by atoms with van der Waals surface area (Å²) in [5.41, 5.74) is 1.83. The Morgan fingerprint density at radius 1 is 1.19 bits per heavy atom. The Labute approximate surface area is 190 Å². The summed E-state index contributed by atoms with van der Waals surface area (Å²) < 4.78 is 25.9. The van der Waals surface area contributed by atoms with Gasteiger partial charge >= 0.3 is 0 Å². The highest BCUT2D eigenvalue weighted by Gasteiger charge is 2.37. The van der Waals surface area contributed by atoms with E-state index in [0.29, 0.717) is 19.4 Å². The molecule has 1 aliphatic rings. The first kappa shape index (κ1) is 23.4. The van der Waals surface area contributed by atoms with Crippen LogP contribution in [-0.4, -0.2) is 30.5 Å². The van der Waals surface area contributed by atoms with Crippen LogP contribution in [0.25, 0.3) is 0 Å². The number of nitrogens with one attached hydrogen (secondary N) is 1. The SMILES string of the molecule is CCO[C@@H]1OC(C(=O)NCc2ccc(F)cc2)=C[C@H](c2ccc(Br)cc2)[C@H]1CCCO. The first-order chi connectivity index (χ1) is 15.0. The molecule has 166 valence electrons. The van der Waals surface area contributed by atoms with Gasteiger partial charge in [0.05, 0.1) is 0 Å². The van der Waals surface area contributed by atoms with Crippen molar-refractivity contribution in [3.05, 3.63) is 81.8 Å². The first-order valence-electron chi connectivity index (χ1n) is 10.4. The molecule has 5 nitrogen and oxygen atoms in total. The lowest BCUT2D eigenvalue weighted by molar-refractivity contribution is -0.166. The van der Waals surface area contributed by atoms with Gasteiger partial charge in [-0.05, 0) is 61.2 Å². The van der Waals surface area contributed by atoms with Crippen LogP contribution >= 0.6 is 15.9 Å². The molecule has 1 amide bonds. The predicted octanol–water partition coefficient (Wildman–Crippen LogP) is 4.65. The lowest BCUT2D eigenvalue weighted by atomic mass is 9.80. The highest BCUT2D eigenvalue weighted by molar-refractivity contribution is 9.10. The van der Waals surface area contributed by atoms with Gasteiger partial charge in [0, 0.05) is 36.1 Å². The third-order valence-electron chi connectivity index (χ3n) is 5.26. The average Bonchev–Trinajstić information content (AvgIpc) is 2.78. The normalized spacial score (nSPS) is 20.6. The Hall–Kier alpha value is -2.22. The molecule has 3 atom stereocenters. The average molecular weight is 492 g/mol. The third-order valence-corrected chi connectivity index (χ3v) is 5.79. The second-order valence-corrected chi connectivity index (χ2v) is 8.30. The maximum atomic E-state index is 13.1. The summed E-state index contributed by atoms with van der Waals surface area (Å²) in [6, 6.07) is 13.9. The van der Waals surface area contributed by atoms with Crippen molar-refractivity contribution in [2.45, 2.75) is 38.5 Å². The van der Waals surface area contributed by atoms with E-state index in [1.165, 1.54) is 12.1 Å². The first-order valence-corrected chi connectivity index (χ1v) is 11.2. The van der Waals surface area contributed by atoms with E-state index in [0.717, 1.165) is 15.6 Å². The van der Waals surface area contributed by atoms with Gasteiger partial charge in [0.2, 0.25) is 6.29 Å². The Morgan fingerprint density at radius 2 is 1.90 bits per heavy atom. The van der Waals surface area contributed by atoms with Crippen molar-refractivity contribution < 1.29 is 23.8 Å². The van der Waals surface area contributed by atoms with E-state index >= 15 is 0 Å². The van der Waals surface area contributed by atoms with E-state index in [-0.39, 0.29) is 42.5 Å². The molecule has 0 saturated heterocycles. The summed E-state index contributed by atoms with van der Waals surface area (Å²) in [6.07, 6.45) is 2.55. The largest absolute Gasteiger partial charge is 0.459 e. The molecule has 0 fully saturated rings. The van der Waals surface area contributed by atoms with Crippen LogP contribution in [0, 0.1) is 11.7 Å². The van der Waals surface area contributed by atoms with E-state index in [4.69, 9.17) is 9.47 Å². The number of rotatable bonds is 9. The number of hydrogen-bond donors (Lipinski definition) is 2. The van der Waals surface area contributed by atoms with Crippen LogP contribution in [0.5, 0.6) is 0 Å². The fourth-order valence-electron chi connectivity index (χ4n) is 3.70. The quantitative estimate of drug-likeness (QED) is 0.535. The van der Waals surface area contributed by atoms with Crippen molar-refractivity contribution in [3.63, 3.8) is 0 Å². The standard InChI is InChI=1S/C24H27BrFNO4/c1-2-30-24-20(4-3-13-28)21(17-7-9-18(25)10-8-17)14-22(31-24)23(29)27-15-16-5-11-19(26)12-6-16/h5-12,14,20-21,24,28H,2-4,13,15H2,1H3,(H,27,29)/t20-,21-,24-/m1/s1. The molecule has 2 aromatic rings. The van der Waals surface area contributed by atoms with Crippen LogP contribution < -0.4 is 5.32 Å². The van der Waals surface area contributed by atoms with E-state index in [2.05, 4.69) is 21.2 Å². The smallest absolute Gasteiger partial charge is 0.286 e. The van der Waals surface area contributed by atoms with E-state index in [1.807, 2.05) is 37.3 Å². The van der Waals surface area contributed by atoms with Crippen LogP contribution in [0.4, 0.5) is 4.39 Å². The Balaban J connectivity index is 1.83. The van der Waals surface area contributed by atoms with Crippen LogP contribution in [0.2, 0.25) is 0 Å². The van der Waals surface area contributed by atoms with Crippen molar-refractivity contribution >= 4 is 21.8 Å². The van der Waals surface area contributed by atoms with Gasteiger partial charge in [-0.3, -0.25) is 4.79 Å². The molecule has 0 aliphatic carbocycles. The molecule has 0 bridgehead atoms. The molecule has 3 rings (SSSR count). The second-order valence-electron chi connectivity index (χ2n) is 7.39. The fourth-order valence-corrected chi connectivity index (χ4v) is 3.97. The second kappa shape index (κ2) is 11.4. The van der Waals surface area contributed by atoms with Crippen molar-refractivity contribution in [3.8, 4) is 0 Å². The molecular weight excluding hydrogens is 465 g/mol. The van der Waals surface area contributed by atoms with Crippen LogP contribution in [0.1, 0.15) is 36.8 Å². The number of ether oxygens (including phenoxy) is 2. The van der Waals surface area contributed by atoms with Gasteiger partial charge in [0.15, 0.2) is 5.76 Å². The van der Waals surface area contributed by atoms with Gasteiger partial charge in [0.1, 0.15) is 5.82 Å². The van der Waals surface area contributed by atoms with E-state index in [1.54, 1.807) is 12.1 Å². The molecule has 1 heterocycles. The Kier molecular flexibility index (Phi) is 8.63. The van der Waals surface area contributed by atoms with Gasteiger partial charge in [-0.2, -0.15) is 0 Å². The maximum absolute atomic E-state index is 13.1. The van der Waals surface area contributed by atoms with Gasteiger partial charge in [-0.1, -0.05) is 40.2 Å². The number of aliphatic hydroxyl groups is 1. The van der Waals surface area contributed by atoms with Gasteiger partial charge in [-0.25, -0.2) is 4.39 Å². The number of hydrogen-bond acceptors (Lipinski definition) is 4. The molecule has 7 heteroatoms. The minimum atomic E-state index is -0.596. The molecule has 0 radical (unpaired) electrons. The molecule has 0 spiro atoms. The highest BCUT2D eigenvalue weighted by atomic mass is 79.9. The van der Waals surface area contributed by atoms with Crippen LogP contribution in [-0.2, 0) is 20.8 Å². The number of halogens is 2. The summed E-state index contributed by atoms with van der Waals surface area (Å²) in [5, 5.41) is 12.2. The predicted molar refractivity (Wildman–Crippen MR) is 120 cm³/mol. The summed E-state index contributed by atoms with van der Waals surface area (Å²) in [6.45, 7) is 2.67. The topological polar surface area (TPSA) is 67.8 Å². The molecule has 31 heavy (non-hydrogen) atoms. The Bertz CT molecular complexity index is 885. The van der Waals surface area contributed by atoms with Crippen molar-refractivity contribution in [2.75, 3.05) is 13.2 Å². The lowest BCUT2D eigenvalue weighted by Crippen LogP contribution is -2.39. The third kappa shape index (κ3) is 6.38. The van der Waals surface area contributed by atoms with Crippen molar-refractivity contribution in [1.82, 2.24) is 5.32 Å². The number of carbonyl (C=O) groups excluding carboxylic acids is 1.